The first kappa shape index (κ1) is 13.5. The number of methoxy groups -OCH3 is 1. The van der Waals surface area contributed by atoms with Crippen molar-refractivity contribution in [3.63, 3.8) is 0 Å². The van der Waals surface area contributed by atoms with Gasteiger partial charge in [-0.3, -0.25) is 14.6 Å². The molecule has 2 saturated heterocycles. The number of carbonyl (C=O) groups excluding carboxylic acids is 3. The van der Waals surface area contributed by atoms with Crippen molar-refractivity contribution in [1.29, 1.82) is 0 Å². The maximum absolute atomic E-state index is 12.4. The molecule has 2 amide bonds. The lowest BCUT2D eigenvalue weighted by Crippen LogP contribution is -2.33. The van der Waals surface area contributed by atoms with Crippen LogP contribution in [0.25, 0.3) is 0 Å². The van der Waals surface area contributed by atoms with Crippen molar-refractivity contribution in [2.75, 3.05) is 26.7 Å². The van der Waals surface area contributed by atoms with Crippen LogP contribution in [0.4, 0.5) is 0 Å². The molecular weight excluding hydrogens is 274 g/mol. The fraction of sp³-hybridized carbons (Fsp3) is 0.429. The molecule has 1 N–H and O–H groups in total. The third-order valence-electron chi connectivity index (χ3n) is 4.01. The zero-order valence-electron chi connectivity index (χ0n) is 11.5. The number of rotatable bonds is 2. The van der Waals surface area contributed by atoms with Crippen molar-refractivity contribution in [3.05, 3.63) is 29.6 Å². The second-order valence-electron chi connectivity index (χ2n) is 5.25. The molecule has 21 heavy (non-hydrogen) atoms. The summed E-state index contributed by atoms with van der Waals surface area (Å²) in [5.74, 6) is -0.606. The van der Waals surface area contributed by atoms with E-state index in [1.165, 1.54) is 25.4 Å². The molecule has 2 fully saturated rings. The first-order valence-corrected chi connectivity index (χ1v) is 6.71. The van der Waals surface area contributed by atoms with Crippen LogP contribution in [-0.2, 0) is 9.53 Å². The molecule has 0 aromatic carbocycles. The Balaban J connectivity index is 1.71. The fourth-order valence-electron chi connectivity index (χ4n) is 2.82. The fourth-order valence-corrected chi connectivity index (χ4v) is 2.82. The highest BCUT2D eigenvalue weighted by molar-refractivity contribution is 5.95. The molecule has 2 atom stereocenters. The molecule has 0 aliphatic carbocycles. The average molecular weight is 289 g/mol. The minimum Gasteiger partial charge on any atom is -0.465 e. The molecule has 0 unspecified atom stereocenters. The highest BCUT2D eigenvalue weighted by Crippen LogP contribution is 2.28. The molecule has 2 aliphatic rings. The lowest BCUT2D eigenvalue weighted by Gasteiger charge is -2.16. The molecule has 110 valence electrons. The van der Waals surface area contributed by atoms with Crippen LogP contribution in [0.5, 0.6) is 0 Å². The molecule has 7 nitrogen and oxygen atoms in total. The normalized spacial score (nSPS) is 23.7. The minimum atomic E-state index is -0.492. The van der Waals surface area contributed by atoms with E-state index < -0.39 is 5.97 Å². The Kier molecular flexibility index (Phi) is 3.32. The summed E-state index contributed by atoms with van der Waals surface area (Å²) in [6.45, 7) is 1.61. The molecule has 1 aromatic rings. The Morgan fingerprint density at radius 2 is 2.19 bits per heavy atom. The number of pyridine rings is 1. The number of carbonyl (C=O) groups is 3. The van der Waals surface area contributed by atoms with Gasteiger partial charge in [0.25, 0.3) is 5.91 Å². The number of aromatic nitrogens is 1. The van der Waals surface area contributed by atoms with Gasteiger partial charge in [0.15, 0.2) is 0 Å². The third kappa shape index (κ3) is 2.35. The van der Waals surface area contributed by atoms with Crippen LogP contribution in [0.15, 0.2) is 18.3 Å². The summed E-state index contributed by atoms with van der Waals surface area (Å²) < 4.78 is 4.58. The summed E-state index contributed by atoms with van der Waals surface area (Å²) in [5.41, 5.74) is 0.565. The van der Waals surface area contributed by atoms with Crippen molar-refractivity contribution in [3.8, 4) is 0 Å². The number of nitrogens with one attached hydrogen (secondary N) is 1. The smallest absolute Gasteiger partial charge is 0.339 e. The third-order valence-corrected chi connectivity index (χ3v) is 4.01. The van der Waals surface area contributed by atoms with Gasteiger partial charge in [0.1, 0.15) is 5.69 Å². The molecule has 0 radical (unpaired) electrons. The van der Waals surface area contributed by atoms with Crippen LogP contribution in [0.3, 0.4) is 0 Å². The zero-order valence-corrected chi connectivity index (χ0v) is 11.5. The highest BCUT2D eigenvalue weighted by atomic mass is 16.5. The van der Waals surface area contributed by atoms with Gasteiger partial charge in [-0.05, 0) is 12.1 Å². The lowest BCUT2D eigenvalue weighted by molar-refractivity contribution is -0.122. The van der Waals surface area contributed by atoms with Crippen LogP contribution in [0.1, 0.15) is 20.8 Å². The molecule has 0 bridgehead atoms. The van der Waals surface area contributed by atoms with E-state index in [1.54, 1.807) is 4.90 Å². The van der Waals surface area contributed by atoms with Gasteiger partial charge in [0.2, 0.25) is 5.91 Å². The molecule has 7 heteroatoms. The van der Waals surface area contributed by atoms with Crippen LogP contribution in [-0.4, -0.2) is 54.4 Å². The van der Waals surface area contributed by atoms with Crippen molar-refractivity contribution in [1.82, 2.24) is 15.2 Å². The average Bonchev–Trinajstić information content (AvgIpc) is 3.08. The van der Waals surface area contributed by atoms with Gasteiger partial charge in [-0.1, -0.05) is 0 Å². The molecular formula is C14H15N3O4. The van der Waals surface area contributed by atoms with E-state index in [9.17, 15) is 14.4 Å². The van der Waals surface area contributed by atoms with Gasteiger partial charge >= 0.3 is 5.97 Å². The van der Waals surface area contributed by atoms with Gasteiger partial charge in [-0.25, -0.2) is 4.79 Å². The van der Waals surface area contributed by atoms with Crippen molar-refractivity contribution in [2.45, 2.75) is 0 Å². The highest BCUT2D eigenvalue weighted by Gasteiger charge is 2.43. The summed E-state index contributed by atoms with van der Waals surface area (Å²) >= 11 is 0. The second kappa shape index (κ2) is 5.16. The maximum Gasteiger partial charge on any atom is 0.339 e. The Morgan fingerprint density at radius 1 is 1.38 bits per heavy atom. The van der Waals surface area contributed by atoms with Gasteiger partial charge in [-0.15, -0.1) is 0 Å². The number of likely N-dealkylation sites (tertiary alicyclic amines) is 1. The predicted molar refractivity (Wildman–Crippen MR) is 71.5 cm³/mol. The maximum atomic E-state index is 12.4. The first-order chi connectivity index (χ1) is 10.1. The van der Waals surface area contributed by atoms with E-state index >= 15 is 0 Å². The predicted octanol–water partition coefficient (Wildman–Crippen LogP) is -0.314. The Labute approximate surface area is 121 Å². The number of amides is 2. The number of hydrogen-bond acceptors (Lipinski definition) is 5. The minimum absolute atomic E-state index is 0.0179. The second-order valence-corrected chi connectivity index (χ2v) is 5.25. The van der Waals surface area contributed by atoms with Crippen molar-refractivity contribution in [2.24, 2.45) is 11.8 Å². The van der Waals surface area contributed by atoms with Crippen LogP contribution in [0, 0.1) is 11.8 Å². The number of nitrogens with zero attached hydrogens (tertiary/aromatic N) is 2. The van der Waals surface area contributed by atoms with Crippen LogP contribution >= 0.6 is 0 Å². The summed E-state index contributed by atoms with van der Waals surface area (Å²) in [7, 11) is 1.29. The summed E-state index contributed by atoms with van der Waals surface area (Å²) in [4.78, 5) is 40.9. The zero-order chi connectivity index (χ0) is 15.0. The van der Waals surface area contributed by atoms with Crippen molar-refractivity contribution >= 4 is 17.8 Å². The molecule has 3 rings (SSSR count). The molecule has 0 saturated carbocycles. The molecule has 0 spiro atoms. The number of esters is 1. The van der Waals surface area contributed by atoms with Crippen LogP contribution in [0.2, 0.25) is 0 Å². The van der Waals surface area contributed by atoms with E-state index in [0.717, 1.165) is 0 Å². The van der Waals surface area contributed by atoms with E-state index in [2.05, 4.69) is 15.0 Å². The van der Waals surface area contributed by atoms with Gasteiger partial charge < -0.3 is 15.0 Å². The largest absolute Gasteiger partial charge is 0.465 e. The first-order valence-electron chi connectivity index (χ1n) is 6.71. The number of hydrogen-bond donors (Lipinski definition) is 1. The SMILES string of the molecule is COC(=O)c1ccc(C(=O)N2C[C@@H]3CNC(=O)[C@@H]3C2)nc1. The molecule has 2 aliphatic heterocycles. The van der Waals surface area contributed by atoms with E-state index in [1.807, 2.05) is 0 Å². The number of ether oxygens (including phenoxy) is 1. The quantitative estimate of drug-likeness (QED) is 0.754. The molecule has 1 aromatic heterocycles. The van der Waals surface area contributed by atoms with Crippen molar-refractivity contribution < 1.29 is 19.1 Å². The monoisotopic (exact) mass is 289 g/mol. The summed E-state index contributed by atoms with van der Waals surface area (Å²) in [5, 5.41) is 2.80. The topological polar surface area (TPSA) is 88.6 Å². The van der Waals surface area contributed by atoms with Crippen LogP contribution < -0.4 is 5.32 Å². The Bertz CT molecular complexity index is 599. The van der Waals surface area contributed by atoms with E-state index in [4.69, 9.17) is 0 Å². The Morgan fingerprint density at radius 3 is 2.81 bits per heavy atom. The standard InChI is InChI=1S/C14H15N3O4/c1-21-14(20)8-2-3-11(15-4-8)13(19)17-6-9-5-16-12(18)10(9)7-17/h2-4,9-10H,5-7H2,1H3,(H,16,18)/t9-,10+/m0/s1. The Hall–Kier alpha value is -2.44. The number of fused-ring (bicyclic) bond motifs is 1. The van der Waals surface area contributed by atoms with E-state index in [0.29, 0.717) is 25.2 Å². The van der Waals surface area contributed by atoms with Gasteiger partial charge in [-0.2, -0.15) is 0 Å². The molecule has 3 heterocycles. The lowest BCUT2D eigenvalue weighted by atomic mass is 10.0. The summed E-state index contributed by atoms with van der Waals surface area (Å²) in [6.07, 6.45) is 1.32. The van der Waals surface area contributed by atoms with Gasteiger partial charge in [0, 0.05) is 31.7 Å². The summed E-state index contributed by atoms with van der Waals surface area (Å²) in [6, 6.07) is 3.01. The van der Waals surface area contributed by atoms with Gasteiger partial charge in [0.05, 0.1) is 18.6 Å². The van der Waals surface area contributed by atoms with E-state index in [-0.39, 0.29) is 29.3 Å².